The topological polar surface area (TPSA) is 86.8 Å². The second-order valence-corrected chi connectivity index (χ2v) is 14.4. The first-order valence-corrected chi connectivity index (χ1v) is 16.2. The van der Waals surface area contributed by atoms with E-state index in [0.717, 1.165) is 19.7 Å². The van der Waals surface area contributed by atoms with Crippen molar-refractivity contribution in [1.29, 1.82) is 0 Å². The predicted molar refractivity (Wildman–Crippen MR) is 170 cm³/mol. The maximum absolute atomic E-state index is 14.1. The fourth-order valence-electron chi connectivity index (χ4n) is 4.08. The number of halogens is 3. The lowest BCUT2D eigenvalue weighted by atomic mass is 10.0. The Bertz CT molecular complexity index is 1430. The zero-order valence-corrected chi connectivity index (χ0v) is 27.2. The Labute approximate surface area is 260 Å². The Balaban J connectivity index is 2.11. The van der Waals surface area contributed by atoms with Gasteiger partial charge in [0.15, 0.2) is 0 Å². The second kappa shape index (κ2) is 13.5. The van der Waals surface area contributed by atoms with E-state index < -0.39 is 34.1 Å². The molecule has 0 radical (unpaired) electrons. The Hall–Kier alpha value is -2.34. The van der Waals surface area contributed by atoms with Gasteiger partial charge in [-0.25, -0.2) is 8.42 Å². The molecule has 3 aromatic carbocycles. The third-order valence-corrected chi connectivity index (χ3v) is 8.52. The van der Waals surface area contributed by atoms with Gasteiger partial charge in [0, 0.05) is 37.7 Å². The number of rotatable bonds is 10. The van der Waals surface area contributed by atoms with Crippen molar-refractivity contribution in [3.8, 4) is 0 Å². The summed E-state index contributed by atoms with van der Waals surface area (Å²) >= 11 is 15.1. The summed E-state index contributed by atoms with van der Waals surface area (Å²) in [4.78, 5) is 29.2. The fraction of sp³-hybridized carbons (Fsp3) is 0.310. The van der Waals surface area contributed by atoms with Crippen LogP contribution in [-0.2, 0) is 32.6 Å². The van der Waals surface area contributed by atoms with Gasteiger partial charge in [0.1, 0.15) is 12.6 Å². The van der Waals surface area contributed by atoms with Gasteiger partial charge in [-0.3, -0.25) is 13.9 Å². The van der Waals surface area contributed by atoms with Gasteiger partial charge in [0.05, 0.1) is 11.9 Å². The number of hydrogen-bond donors (Lipinski definition) is 1. The predicted octanol–water partition coefficient (Wildman–Crippen LogP) is 5.92. The molecule has 0 aliphatic rings. The molecule has 0 aliphatic heterocycles. The summed E-state index contributed by atoms with van der Waals surface area (Å²) in [6, 6.07) is 20.1. The molecule has 7 nitrogen and oxygen atoms in total. The number of benzene rings is 3. The number of anilines is 1. The summed E-state index contributed by atoms with van der Waals surface area (Å²) < 4.78 is 27.7. The number of carbonyl (C=O) groups excluding carboxylic acids is 2. The van der Waals surface area contributed by atoms with Gasteiger partial charge in [0.25, 0.3) is 0 Å². The second-order valence-electron chi connectivity index (χ2n) is 10.4. The molecule has 1 atom stereocenters. The minimum Gasteiger partial charge on any atom is -0.350 e. The highest BCUT2D eigenvalue weighted by Gasteiger charge is 2.35. The van der Waals surface area contributed by atoms with Crippen LogP contribution in [0.25, 0.3) is 0 Å². The average molecular weight is 716 g/mol. The minimum absolute atomic E-state index is 0.101. The molecule has 3 rings (SSSR count). The van der Waals surface area contributed by atoms with Crippen molar-refractivity contribution in [2.75, 3.05) is 17.1 Å². The van der Waals surface area contributed by atoms with Gasteiger partial charge in [0.2, 0.25) is 21.8 Å². The minimum atomic E-state index is -3.85. The lowest BCUT2D eigenvalue weighted by Gasteiger charge is -2.35. The molecule has 3 aromatic rings. The van der Waals surface area contributed by atoms with Gasteiger partial charge in [-0.2, -0.15) is 0 Å². The number of nitrogens with one attached hydrogen (secondary N) is 1. The lowest BCUT2D eigenvalue weighted by molar-refractivity contribution is -0.140. The SMILES string of the molecule is CC(C)(C)NC(=O)C(Cc1ccccc1)N(Cc1c(Cl)cccc1Cl)C(=O)CN(c1ccc(I)cc1)S(C)(=O)=O. The first-order valence-electron chi connectivity index (χ1n) is 12.5. The zero-order valence-electron chi connectivity index (χ0n) is 22.7. The van der Waals surface area contributed by atoms with Crippen molar-refractivity contribution in [3.05, 3.63) is 97.5 Å². The van der Waals surface area contributed by atoms with Crippen LogP contribution in [0.3, 0.4) is 0 Å². The van der Waals surface area contributed by atoms with Crippen LogP contribution in [0.1, 0.15) is 31.9 Å². The van der Waals surface area contributed by atoms with Crippen LogP contribution in [0.2, 0.25) is 10.0 Å². The number of nitrogens with zero attached hydrogens (tertiary/aromatic N) is 2. The molecule has 1 N–H and O–H groups in total. The van der Waals surface area contributed by atoms with Crippen molar-refractivity contribution < 1.29 is 18.0 Å². The average Bonchev–Trinajstić information content (AvgIpc) is 2.85. The van der Waals surface area contributed by atoms with E-state index in [4.69, 9.17) is 23.2 Å². The van der Waals surface area contributed by atoms with Crippen LogP contribution in [0.15, 0.2) is 72.8 Å². The molecule has 0 bridgehead atoms. The molecular weight excluding hydrogens is 684 g/mol. The van der Waals surface area contributed by atoms with E-state index in [-0.39, 0.29) is 18.9 Å². The normalized spacial score (nSPS) is 12.5. The molecule has 214 valence electrons. The molecule has 0 fully saturated rings. The van der Waals surface area contributed by atoms with E-state index in [2.05, 4.69) is 27.9 Å². The molecule has 0 saturated carbocycles. The molecule has 0 saturated heterocycles. The van der Waals surface area contributed by atoms with Crippen LogP contribution < -0.4 is 9.62 Å². The van der Waals surface area contributed by atoms with Crippen molar-refractivity contribution in [2.24, 2.45) is 0 Å². The van der Waals surface area contributed by atoms with Crippen LogP contribution in [0, 0.1) is 3.57 Å². The summed E-state index contributed by atoms with van der Waals surface area (Å²) in [5.74, 6) is -0.960. The molecule has 11 heteroatoms. The Morgan fingerprint density at radius 1 is 0.925 bits per heavy atom. The van der Waals surface area contributed by atoms with Gasteiger partial charge in [-0.05, 0) is 85.3 Å². The molecule has 1 unspecified atom stereocenters. The maximum Gasteiger partial charge on any atom is 0.244 e. The molecule has 40 heavy (non-hydrogen) atoms. The van der Waals surface area contributed by atoms with Crippen LogP contribution in [-0.4, -0.2) is 49.5 Å². The van der Waals surface area contributed by atoms with Gasteiger partial charge < -0.3 is 10.2 Å². The molecule has 0 aliphatic carbocycles. The van der Waals surface area contributed by atoms with Gasteiger partial charge in [-0.15, -0.1) is 0 Å². The fourth-order valence-corrected chi connectivity index (χ4v) is 5.81. The smallest absolute Gasteiger partial charge is 0.244 e. The first kappa shape index (κ1) is 32.2. The molecule has 0 aromatic heterocycles. The Morgan fingerprint density at radius 2 is 1.50 bits per heavy atom. The van der Waals surface area contributed by atoms with Crippen LogP contribution >= 0.6 is 45.8 Å². The summed E-state index contributed by atoms with van der Waals surface area (Å²) in [5, 5.41) is 3.64. The quantitative estimate of drug-likeness (QED) is 0.264. The number of amides is 2. The van der Waals surface area contributed by atoms with Crippen LogP contribution in [0.5, 0.6) is 0 Å². The third-order valence-electron chi connectivity index (χ3n) is 5.95. The van der Waals surface area contributed by atoms with Crippen molar-refractivity contribution in [3.63, 3.8) is 0 Å². The first-order chi connectivity index (χ1) is 18.7. The number of carbonyl (C=O) groups is 2. The van der Waals surface area contributed by atoms with Crippen LogP contribution in [0.4, 0.5) is 5.69 Å². The monoisotopic (exact) mass is 715 g/mol. The largest absolute Gasteiger partial charge is 0.350 e. The van der Waals surface area contributed by atoms with E-state index in [1.807, 2.05) is 51.1 Å². The van der Waals surface area contributed by atoms with E-state index in [0.29, 0.717) is 21.3 Å². The summed E-state index contributed by atoms with van der Waals surface area (Å²) in [5.41, 5.74) is 1.05. The summed E-state index contributed by atoms with van der Waals surface area (Å²) in [6.07, 6.45) is 1.24. The molecule has 0 heterocycles. The molecular formula is C29H32Cl2IN3O4S. The van der Waals surface area contributed by atoms with E-state index >= 15 is 0 Å². The maximum atomic E-state index is 14.1. The Morgan fingerprint density at radius 3 is 2.02 bits per heavy atom. The van der Waals surface area contributed by atoms with E-state index in [9.17, 15) is 18.0 Å². The van der Waals surface area contributed by atoms with Gasteiger partial charge >= 0.3 is 0 Å². The molecule has 0 spiro atoms. The highest BCUT2D eigenvalue weighted by atomic mass is 127. The Kier molecular flexibility index (Phi) is 10.9. The molecule has 2 amide bonds. The van der Waals surface area contributed by atoms with Crippen molar-refractivity contribution >= 4 is 73.3 Å². The third kappa shape index (κ3) is 9.09. The van der Waals surface area contributed by atoms with Gasteiger partial charge in [-0.1, -0.05) is 59.6 Å². The number of hydrogen-bond acceptors (Lipinski definition) is 4. The number of sulfonamides is 1. The van der Waals surface area contributed by atoms with Crippen molar-refractivity contribution in [2.45, 2.75) is 45.3 Å². The highest BCUT2D eigenvalue weighted by molar-refractivity contribution is 14.1. The lowest BCUT2D eigenvalue weighted by Crippen LogP contribution is -2.56. The summed E-state index contributed by atoms with van der Waals surface area (Å²) in [7, 11) is -3.85. The van der Waals surface area contributed by atoms with Crippen molar-refractivity contribution in [1.82, 2.24) is 10.2 Å². The van der Waals surface area contributed by atoms with E-state index in [1.54, 1.807) is 42.5 Å². The highest BCUT2D eigenvalue weighted by Crippen LogP contribution is 2.28. The summed E-state index contributed by atoms with van der Waals surface area (Å²) in [6.45, 7) is 4.93. The zero-order chi connectivity index (χ0) is 29.7. The standard InChI is InChI=1S/C29H32Cl2IN3O4S/c1-29(2,3)33-28(37)26(17-20-9-6-5-7-10-20)34(18-23-24(30)11-8-12-25(23)31)27(36)19-35(40(4,38)39)22-15-13-21(32)14-16-22/h5-16,26H,17-19H2,1-4H3,(H,33,37). The van der Waals surface area contributed by atoms with E-state index in [1.165, 1.54) is 4.90 Å².